The van der Waals surface area contributed by atoms with Gasteiger partial charge in [-0.1, -0.05) is 0 Å². The molecule has 0 radical (unpaired) electrons. The van der Waals surface area contributed by atoms with Crippen molar-refractivity contribution in [1.29, 1.82) is 0 Å². The third-order valence-electron chi connectivity index (χ3n) is 2.96. The summed E-state index contributed by atoms with van der Waals surface area (Å²) in [4.78, 5) is 5.50. The van der Waals surface area contributed by atoms with Crippen LogP contribution in [0.25, 0.3) is 0 Å². The van der Waals surface area contributed by atoms with Crippen LogP contribution < -0.4 is 11.1 Å². The summed E-state index contributed by atoms with van der Waals surface area (Å²) >= 11 is 0. The summed E-state index contributed by atoms with van der Waals surface area (Å²) in [6, 6.07) is -0.0620. The third-order valence-corrected chi connectivity index (χ3v) is 2.96. The maximum Gasteiger partial charge on any atom is 0.401 e. The molecule has 0 amide bonds. The first-order valence-corrected chi connectivity index (χ1v) is 6.84. The van der Waals surface area contributed by atoms with E-state index in [2.05, 4.69) is 10.3 Å². The minimum absolute atomic E-state index is 0.0620. The summed E-state index contributed by atoms with van der Waals surface area (Å²) in [5.74, 6) is 0.292. The van der Waals surface area contributed by atoms with E-state index < -0.39 is 12.7 Å². The molecule has 3 N–H and O–H groups in total. The fourth-order valence-corrected chi connectivity index (χ4v) is 2.11. The normalized spacial score (nSPS) is 21.4. The van der Waals surface area contributed by atoms with Crippen LogP contribution in [0.2, 0.25) is 0 Å². The van der Waals surface area contributed by atoms with Gasteiger partial charge in [0.2, 0.25) is 0 Å². The molecular formula is C12H23F3N4O. The SMILES string of the molecule is CCOCCCN=C(N)NC1CCN(CC(F)(F)F)C1. The van der Waals surface area contributed by atoms with Gasteiger partial charge < -0.3 is 15.8 Å². The number of ether oxygens (including phenoxy) is 1. The zero-order valence-electron chi connectivity index (χ0n) is 11.7. The van der Waals surface area contributed by atoms with E-state index in [9.17, 15) is 13.2 Å². The van der Waals surface area contributed by atoms with Crippen molar-refractivity contribution in [3.05, 3.63) is 0 Å². The van der Waals surface area contributed by atoms with Gasteiger partial charge in [0.15, 0.2) is 5.96 Å². The maximum absolute atomic E-state index is 12.2. The molecule has 5 nitrogen and oxygen atoms in total. The lowest BCUT2D eigenvalue weighted by Crippen LogP contribution is -2.42. The molecule has 1 atom stereocenters. The van der Waals surface area contributed by atoms with Crippen LogP contribution >= 0.6 is 0 Å². The number of hydrogen-bond acceptors (Lipinski definition) is 3. The fourth-order valence-electron chi connectivity index (χ4n) is 2.11. The molecule has 0 aromatic heterocycles. The summed E-state index contributed by atoms with van der Waals surface area (Å²) in [5, 5.41) is 2.96. The fraction of sp³-hybridized carbons (Fsp3) is 0.917. The molecule has 1 rings (SSSR count). The van der Waals surface area contributed by atoms with Gasteiger partial charge in [0.25, 0.3) is 0 Å². The van der Waals surface area contributed by atoms with Crippen molar-refractivity contribution >= 4 is 5.96 Å². The van der Waals surface area contributed by atoms with Gasteiger partial charge in [-0.05, 0) is 19.8 Å². The zero-order chi connectivity index (χ0) is 15.0. The molecule has 0 spiro atoms. The molecule has 118 valence electrons. The first-order valence-electron chi connectivity index (χ1n) is 6.84. The van der Waals surface area contributed by atoms with Gasteiger partial charge >= 0.3 is 6.18 Å². The Kier molecular flexibility index (Phi) is 7.08. The lowest BCUT2D eigenvalue weighted by molar-refractivity contribution is -0.143. The summed E-state index contributed by atoms with van der Waals surface area (Å²) in [6.07, 6.45) is -2.72. The van der Waals surface area contributed by atoms with Gasteiger partial charge in [-0.25, -0.2) is 0 Å². The number of rotatable bonds is 7. The van der Waals surface area contributed by atoms with Crippen LogP contribution in [0.1, 0.15) is 19.8 Å². The minimum atomic E-state index is -4.15. The van der Waals surface area contributed by atoms with Crippen molar-refractivity contribution in [3.8, 4) is 0 Å². The minimum Gasteiger partial charge on any atom is -0.382 e. The summed E-state index contributed by atoms with van der Waals surface area (Å²) in [5.41, 5.74) is 5.70. The van der Waals surface area contributed by atoms with Gasteiger partial charge in [0.05, 0.1) is 6.54 Å². The highest BCUT2D eigenvalue weighted by Gasteiger charge is 2.34. The molecule has 1 heterocycles. The Hall–Kier alpha value is -1.02. The molecule has 8 heteroatoms. The van der Waals surface area contributed by atoms with Gasteiger partial charge in [0, 0.05) is 38.9 Å². The predicted octanol–water partition coefficient (Wildman–Crippen LogP) is 0.954. The monoisotopic (exact) mass is 296 g/mol. The number of hydrogen-bond donors (Lipinski definition) is 2. The molecule has 1 saturated heterocycles. The number of halogens is 3. The van der Waals surface area contributed by atoms with Crippen LogP contribution in [0.4, 0.5) is 13.2 Å². The van der Waals surface area contributed by atoms with Crippen LogP contribution in [-0.4, -0.2) is 62.5 Å². The number of nitrogens with two attached hydrogens (primary N) is 1. The highest BCUT2D eigenvalue weighted by molar-refractivity contribution is 5.78. The standard InChI is InChI=1S/C12H23F3N4O/c1-2-20-7-3-5-17-11(16)18-10-4-6-19(8-10)9-12(13,14)15/h10H,2-9H2,1H3,(H3,16,17,18). The quantitative estimate of drug-likeness (QED) is 0.417. The second-order valence-corrected chi connectivity index (χ2v) is 4.80. The van der Waals surface area contributed by atoms with Gasteiger partial charge in [-0.15, -0.1) is 0 Å². The Bertz CT molecular complexity index is 310. The van der Waals surface area contributed by atoms with Crippen LogP contribution in [0.15, 0.2) is 4.99 Å². The first kappa shape index (κ1) is 17.0. The lowest BCUT2D eigenvalue weighted by Gasteiger charge is -2.18. The van der Waals surface area contributed by atoms with E-state index in [-0.39, 0.29) is 6.04 Å². The Labute approximate surface area is 117 Å². The molecule has 1 unspecified atom stereocenters. The van der Waals surface area contributed by atoms with E-state index in [4.69, 9.17) is 10.5 Å². The third kappa shape index (κ3) is 7.54. The molecule has 0 saturated carbocycles. The number of nitrogens with zero attached hydrogens (tertiary/aromatic N) is 2. The maximum atomic E-state index is 12.2. The van der Waals surface area contributed by atoms with Gasteiger partial charge in [-0.3, -0.25) is 9.89 Å². The highest BCUT2D eigenvalue weighted by Crippen LogP contribution is 2.19. The Morgan fingerprint density at radius 3 is 2.90 bits per heavy atom. The molecule has 0 aliphatic carbocycles. The number of alkyl halides is 3. The smallest absolute Gasteiger partial charge is 0.382 e. The van der Waals surface area contributed by atoms with Crippen molar-refractivity contribution < 1.29 is 17.9 Å². The van der Waals surface area contributed by atoms with Crippen molar-refractivity contribution in [2.75, 3.05) is 39.4 Å². The molecule has 0 aromatic carbocycles. The van der Waals surface area contributed by atoms with Gasteiger partial charge in [-0.2, -0.15) is 13.2 Å². The average molecular weight is 296 g/mol. The van der Waals surface area contributed by atoms with E-state index in [0.29, 0.717) is 45.2 Å². The average Bonchev–Trinajstić information content (AvgIpc) is 2.73. The van der Waals surface area contributed by atoms with Crippen LogP contribution in [0.5, 0.6) is 0 Å². The summed E-state index contributed by atoms with van der Waals surface area (Å²) in [6.45, 7) is 3.69. The van der Waals surface area contributed by atoms with Crippen LogP contribution in [-0.2, 0) is 4.74 Å². The Morgan fingerprint density at radius 2 is 2.25 bits per heavy atom. The van der Waals surface area contributed by atoms with Crippen molar-refractivity contribution in [2.45, 2.75) is 32.0 Å². The summed E-state index contributed by atoms with van der Waals surface area (Å²) < 4.78 is 41.9. The van der Waals surface area contributed by atoms with E-state index in [1.165, 1.54) is 4.90 Å². The van der Waals surface area contributed by atoms with Crippen molar-refractivity contribution in [1.82, 2.24) is 10.2 Å². The van der Waals surface area contributed by atoms with Crippen molar-refractivity contribution in [3.63, 3.8) is 0 Å². The molecule has 0 bridgehead atoms. The molecule has 1 fully saturated rings. The molecule has 1 aliphatic rings. The predicted molar refractivity (Wildman–Crippen MR) is 71.6 cm³/mol. The van der Waals surface area contributed by atoms with Crippen LogP contribution in [0, 0.1) is 0 Å². The molecule has 1 aliphatic heterocycles. The number of guanidine groups is 1. The second kappa shape index (κ2) is 8.31. The highest BCUT2D eigenvalue weighted by atomic mass is 19.4. The molecule has 0 aromatic rings. The number of aliphatic imine (C=N–C) groups is 1. The topological polar surface area (TPSA) is 62.9 Å². The zero-order valence-corrected chi connectivity index (χ0v) is 11.7. The van der Waals surface area contributed by atoms with Gasteiger partial charge in [0.1, 0.15) is 0 Å². The Balaban J connectivity index is 2.20. The van der Waals surface area contributed by atoms with Crippen molar-refractivity contribution in [2.24, 2.45) is 10.7 Å². The molecule has 20 heavy (non-hydrogen) atoms. The van der Waals surface area contributed by atoms with E-state index in [0.717, 1.165) is 6.42 Å². The van der Waals surface area contributed by atoms with E-state index in [1.807, 2.05) is 6.92 Å². The lowest BCUT2D eigenvalue weighted by atomic mass is 10.3. The van der Waals surface area contributed by atoms with Crippen LogP contribution in [0.3, 0.4) is 0 Å². The molecular weight excluding hydrogens is 273 g/mol. The Morgan fingerprint density at radius 1 is 1.50 bits per heavy atom. The van der Waals surface area contributed by atoms with E-state index >= 15 is 0 Å². The first-order chi connectivity index (χ1) is 9.40. The number of likely N-dealkylation sites (tertiary alicyclic amines) is 1. The second-order valence-electron chi connectivity index (χ2n) is 4.80. The largest absolute Gasteiger partial charge is 0.401 e. The summed E-state index contributed by atoms with van der Waals surface area (Å²) in [7, 11) is 0. The number of nitrogens with one attached hydrogen (secondary N) is 1. The van der Waals surface area contributed by atoms with E-state index in [1.54, 1.807) is 0 Å².